The Morgan fingerprint density at radius 1 is 1.20 bits per heavy atom. The van der Waals surface area contributed by atoms with Crippen LogP contribution < -0.4 is 10.6 Å². The van der Waals surface area contributed by atoms with E-state index in [1.807, 2.05) is 18.7 Å². The first-order chi connectivity index (χ1) is 9.46. The van der Waals surface area contributed by atoms with E-state index in [-0.39, 0.29) is 0 Å². The van der Waals surface area contributed by atoms with Gasteiger partial charge in [0.15, 0.2) is 0 Å². The number of rotatable bonds is 11. The van der Waals surface area contributed by atoms with Gasteiger partial charge >= 0.3 is 12.0 Å². The van der Waals surface area contributed by atoms with Crippen molar-refractivity contribution in [3.8, 4) is 0 Å². The number of hydrogen-bond acceptors (Lipinski definition) is 3. The summed E-state index contributed by atoms with van der Waals surface area (Å²) < 4.78 is 0. The Bertz CT molecular complexity index is 300. The maximum absolute atomic E-state index is 11.7. The molecule has 0 radical (unpaired) electrons. The van der Waals surface area contributed by atoms with Gasteiger partial charge in [0.25, 0.3) is 0 Å². The smallest absolute Gasteiger partial charge is 0.329 e. The number of nitrogens with one attached hydrogen (secondary N) is 2. The second-order valence-electron chi connectivity index (χ2n) is 5.18. The number of unbranched alkanes of at least 4 members (excludes halogenated alkanes) is 3. The number of hydrogen-bond donors (Lipinski definition) is 3. The highest BCUT2D eigenvalue weighted by Crippen LogP contribution is 2.12. The third kappa shape index (κ3) is 8.30. The summed E-state index contributed by atoms with van der Waals surface area (Å²) in [6.45, 7) is 4.03. The lowest BCUT2D eigenvalue weighted by Crippen LogP contribution is -2.55. The highest BCUT2D eigenvalue weighted by molar-refractivity contribution is 7.98. The highest BCUT2D eigenvalue weighted by atomic mass is 32.2. The van der Waals surface area contributed by atoms with E-state index in [1.165, 1.54) is 18.6 Å². The normalized spacial score (nSPS) is 13.6. The largest absolute Gasteiger partial charge is 0.480 e. The maximum atomic E-state index is 11.7. The predicted octanol–water partition coefficient (Wildman–Crippen LogP) is 2.85. The van der Waals surface area contributed by atoms with E-state index in [9.17, 15) is 9.59 Å². The first-order valence-corrected chi connectivity index (χ1v) is 8.64. The molecule has 3 N–H and O–H groups in total. The minimum atomic E-state index is -1.18. The zero-order chi connectivity index (χ0) is 15.4. The van der Waals surface area contributed by atoms with Crippen molar-refractivity contribution in [2.24, 2.45) is 0 Å². The Hall–Kier alpha value is -0.910. The van der Waals surface area contributed by atoms with E-state index in [1.54, 1.807) is 6.92 Å². The summed E-state index contributed by atoms with van der Waals surface area (Å²) in [6, 6.07) is -0.396. The van der Waals surface area contributed by atoms with Crippen LogP contribution in [0.5, 0.6) is 0 Å². The molecule has 0 aliphatic rings. The molecule has 0 heterocycles. The van der Waals surface area contributed by atoms with Gasteiger partial charge < -0.3 is 15.7 Å². The van der Waals surface area contributed by atoms with Crippen LogP contribution >= 0.6 is 11.8 Å². The standard InChI is InChI=1S/C14H28N2O3S/c1-4-9-14(2,12(17)18)16-13(19)15-10-7-5-6-8-11-20-3/h4-11H2,1-3H3,(H,17,18)(H2,15,16,19). The van der Waals surface area contributed by atoms with E-state index in [0.717, 1.165) is 12.8 Å². The molecule has 0 aromatic rings. The third-order valence-corrected chi connectivity index (χ3v) is 3.87. The lowest BCUT2D eigenvalue weighted by molar-refractivity contribution is -0.144. The lowest BCUT2D eigenvalue weighted by atomic mass is 9.97. The number of urea groups is 1. The topological polar surface area (TPSA) is 78.4 Å². The van der Waals surface area contributed by atoms with Gasteiger partial charge in [0.2, 0.25) is 0 Å². The molecule has 5 nitrogen and oxygen atoms in total. The molecule has 0 saturated heterocycles. The Morgan fingerprint density at radius 2 is 1.85 bits per heavy atom. The minimum Gasteiger partial charge on any atom is -0.480 e. The number of aliphatic carboxylic acids is 1. The SMILES string of the molecule is CCCC(C)(NC(=O)NCCCCCCSC)C(=O)O. The maximum Gasteiger partial charge on any atom is 0.329 e. The summed E-state index contributed by atoms with van der Waals surface area (Å²) in [4.78, 5) is 22.9. The predicted molar refractivity (Wildman–Crippen MR) is 84.3 cm³/mol. The second kappa shape index (κ2) is 10.8. The fourth-order valence-corrected chi connectivity index (χ4v) is 2.44. The summed E-state index contributed by atoms with van der Waals surface area (Å²) >= 11 is 1.85. The van der Waals surface area contributed by atoms with Crippen molar-refractivity contribution in [2.75, 3.05) is 18.6 Å². The van der Waals surface area contributed by atoms with Gasteiger partial charge in [-0.1, -0.05) is 26.2 Å². The average molecular weight is 304 g/mol. The van der Waals surface area contributed by atoms with E-state index in [2.05, 4.69) is 16.9 Å². The Labute approximate surface area is 126 Å². The number of thioether (sulfide) groups is 1. The van der Waals surface area contributed by atoms with Crippen molar-refractivity contribution >= 4 is 23.8 Å². The van der Waals surface area contributed by atoms with E-state index in [4.69, 9.17) is 5.11 Å². The summed E-state index contributed by atoms with van der Waals surface area (Å²) in [7, 11) is 0. The van der Waals surface area contributed by atoms with Crippen LogP contribution in [0.3, 0.4) is 0 Å². The van der Waals surface area contributed by atoms with Crippen LogP contribution in [0.15, 0.2) is 0 Å². The van der Waals surface area contributed by atoms with Crippen LogP contribution in [-0.4, -0.2) is 41.2 Å². The monoisotopic (exact) mass is 304 g/mol. The van der Waals surface area contributed by atoms with E-state index < -0.39 is 17.5 Å². The summed E-state index contributed by atoms with van der Waals surface area (Å²) in [6.07, 6.45) is 7.63. The Morgan fingerprint density at radius 3 is 2.40 bits per heavy atom. The molecule has 1 atom stereocenters. The van der Waals surface area contributed by atoms with Gasteiger partial charge in [0.1, 0.15) is 5.54 Å². The highest BCUT2D eigenvalue weighted by Gasteiger charge is 2.33. The number of carbonyl (C=O) groups excluding carboxylic acids is 1. The van der Waals surface area contributed by atoms with Crippen molar-refractivity contribution in [3.05, 3.63) is 0 Å². The minimum absolute atomic E-state index is 0.396. The number of carbonyl (C=O) groups is 2. The van der Waals surface area contributed by atoms with Crippen molar-refractivity contribution < 1.29 is 14.7 Å². The van der Waals surface area contributed by atoms with Gasteiger partial charge in [-0.2, -0.15) is 11.8 Å². The van der Waals surface area contributed by atoms with Gasteiger partial charge in [-0.25, -0.2) is 9.59 Å². The van der Waals surface area contributed by atoms with E-state index >= 15 is 0 Å². The van der Waals surface area contributed by atoms with Crippen molar-refractivity contribution in [2.45, 2.75) is 57.9 Å². The Balaban J connectivity index is 3.84. The molecule has 6 heteroatoms. The third-order valence-electron chi connectivity index (χ3n) is 3.17. The summed E-state index contributed by atoms with van der Waals surface area (Å²) in [5.41, 5.74) is -1.18. The molecule has 1 unspecified atom stereocenters. The fraction of sp³-hybridized carbons (Fsp3) is 0.857. The zero-order valence-electron chi connectivity index (χ0n) is 12.8. The lowest BCUT2D eigenvalue weighted by Gasteiger charge is -2.25. The molecule has 0 fully saturated rings. The van der Waals surface area contributed by atoms with Crippen LogP contribution in [0, 0.1) is 0 Å². The molecule has 0 aliphatic heterocycles. The van der Waals surface area contributed by atoms with Gasteiger partial charge in [-0.15, -0.1) is 0 Å². The van der Waals surface area contributed by atoms with Crippen LogP contribution in [0.1, 0.15) is 52.4 Å². The van der Waals surface area contributed by atoms with Crippen molar-refractivity contribution in [1.29, 1.82) is 0 Å². The summed E-state index contributed by atoms with van der Waals surface area (Å²) in [5, 5.41) is 14.4. The molecule has 118 valence electrons. The van der Waals surface area contributed by atoms with Crippen LogP contribution in [0.2, 0.25) is 0 Å². The molecular formula is C14H28N2O3S. The fourth-order valence-electron chi connectivity index (χ4n) is 1.94. The average Bonchev–Trinajstić information content (AvgIpc) is 2.37. The number of carboxylic acid groups (broad SMARTS) is 1. The molecule has 0 spiro atoms. The van der Waals surface area contributed by atoms with Gasteiger partial charge in [0, 0.05) is 6.54 Å². The first kappa shape index (κ1) is 19.1. The summed E-state index contributed by atoms with van der Waals surface area (Å²) in [5.74, 6) is 0.189. The molecular weight excluding hydrogens is 276 g/mol. The zero-order valence-corrected chi connectivity index (χ0v) is 13.6. The molecule has 0 rings (SSSR count). The molecule has 0 bridgehead atoms. The molecule has 0 aliphatic carbocycles. The van der Waals surface area contributed by atoms with E-state index in [0.29, 0.717) is 19.4 Å². The van der Waals surface area contributed by atoms with Crippen molar-refractivity contribution in [3.63, 3.8) is 0 Å². The van der Waals surface area contributed by atoms with Gasteiger partial charge in [0.05, 0.1) is 0 Å². The quantitative estimate of drug-likeness (QED) is 0.513. The Kier molecular flexibility index (Phi) is 10.3. The van der Waals surface area contributed by atoms with Crippen LogP contribution in [0.25, 0.3) is 0 Å². The van der Waals surface area contributed by atoms with Gasteiger partial charge in [-0.3, -0.25) is 0 Å². The van der Waals surface area contributed by atoms with Crippen LogP contribution in [0.4, 0.5) is 4.79 Å². The molecule has 0 aromatic heterocycles. The number of amides is 2. The van der Waals surface area contributed by atoms with Crippen molar-refractivity contribution in [1.82, 2.24) is 10.6 Å². The number of carboxylic acids is 1. The molecule has 0 aromatic carbocycles. The van der Waals surface area contributed by atoms with Gasteiger partial charge in [-0.05, 0) is 38.2 Å². The molecule has 20 heavy (non-hydrogen) atoms. The second-order valence-corrected chi connectivity index (χ2v) is 6.16. The molecule has 2 amide bonds. The molecule has 0 saturated carbocycles. The first-order valence-electron chi connectivity index (χ1n) is 7.24. The van der Waals surface area contributed by atoms with Crippen LogP contribution in [-0.2, 0) is 4.79 Å².